The normalized spacial score (nSPS) is 19.3. The molecule has 0 unspecified atom stereocenters. The van der Waals surface area contributed by atoms with E-state index in [9.17, 15) is 0 Å². The summed E-state index contributed by atoms with van der Waals surface area (Å²) >= 11 is 5.96. The van der Waals surface area contributed by atoms with Crippen LogP contribution in [0, 0.1) is 5.92 Å². The molecule has 0 nitrogen and oxygen atoms in total. The lowest BCUT2D eigenvalue weighted by Crippen LogP contribution is -1.81. The summed E-state index contributed by atoms with van der Waals surface area (Å²) in [4.78, 5) is 0. The Kier molecular flexibility index (Phi) is 2.95. The van der Waals surface area contributed by atoms with E-state index in [-0.39, 0.29) is 0 Å². The van der Waals surface area contributed by atoms with Crippen LogP contribution in [-0.4, -0.2) is 0 Å². The first-order chi connectivity index (χ1) is 5.25. The lowest BCUT2D eigenvalue weighted by atomic mass is 10.2. The Morgan fingerprint density at radius 3 is 2.64 bits per heavy atom. The fourth-order valence-corrected chi connectivity index (χ4v) is 1.14. The highest BCUT2D eigenvalue weighted by Gasteiger charge is 2.25. The topological polar surface area (TPSA) is 0 Å². The Hall–Kier alpha value is -0.490. The highest BCUT2D eigenvalue weighted by atomic mass is 35.5. The number of allylic oxidation sites excluding steroid dienone is 5. The first-order valence-corrected chi connectivity index (χ1v) is 4.31. The minimum Gasteiger partial charge on any atom is -0.0941 e. The fourth-order valence-electron chi connectivity index (χ4n) is 0.915. The molecule has 1 fully saturated rings. The van der Waals surface area contributed by atoms with Gasteiger partial charge in [-0.3, -0.25) is 0 Å². The zero-order chi connectivity index (χ0) is 8.27. The van der Waals surface area contributed by atoms with Crippen molar-refractivity contribution in [2.24, 2.45) is 5.92 Å². The number of halogens is 1. The fraction of sp³-hybridized carbons (Fsp3) is 0.400. The first kappa shape index (κ1) is 8.61. The van der Waals surface area contributed by atoms with Crippen LogP contribution in [0.5, 0.6) is 0 Å². The number of rotatable bonds is 3. The average molecular weight is 169 g/mol. The van der Waals surface area contributed by atoms with Crippen LogP contribution >= 0.6 is 11.6 Å². The highest BCUT2D eigenvalue weighted by molar-refractivity contribution is 6.32. The minimum absolute atomic E-state index is 0.670. The van der Waals surface area contributed by atoms with Crippen LogP contribution in [0.25, 0.3) is 0 Å². The maximum atomic E-state index is 5.96. The van der Waals surface area contributed by atoms with Gasteiger partial charge in [0.2, 0.25) is 0 Å². The highest BCUT2D eigenvalue weighted by Crippen LogP contribution is 2.39. The summed E-state index contributed by atoms with van der Waals surface area (Å²) in [5.41, 5.74) is 1.10. The Balaban J connectivity index is 2.50. The van der Waals surface area contributed by atoms with E-state index in [0.717, 1.165) is 10.6 Å². The second kappa shape index (κ2) is 3.77. The van der Waals surface area contributed by atoms with Gasteiger partial charge in [-0.05, 0) is 37.3 Å². The van der Waals surface area contributed by atoms with Crippen molar-refractivity contribution in [3.05, 3.63) is 35.4 Å². The van der Waals surface area contributed by atoms with E-state index < -0.39 is 0 Å². The molecule has 0 atom stereocenters. The zero-order valence-electron chi connectivity index (χ0n) is 6.81. The molecule has 11 heavy (non-hydrogen) atoms. The van der Waals surface area contributed by atoms with Crippen molar-refractivity contribution in [3.8, 4) is 0 Å². The van der Waals surface area contributed by atoms with Crippen LogP contribution in [0.3, 0.4) is 0 Å². The van der Waals surface area contributed by atoms with E-state index in [2.05, 4.69) is 6.58 Å². The van der Waals surface area contributed by atoms with Crippen molar-refractivity contribution in [1.29, 1.82) is 0 Å². The van der Waals surface area contributed by atoms with Crippen LogP contribution in [0.1, 0.15) is 19.8 Å². The molecule has 1 rings (SSSR count). The molecule has 0 aliphatic heterocycles. The maximum absolute atomic E-state index is 5.96. The van der Waals surface area contributed by atoms with Gasteiger partial charge in [0.15, 0.2) is 0 Å². The Labute approximate surface area is 73.3 Å². The third-order valence-corrected chi connectivity index (χ3v) is 2.18. The predicted molar refractivity (Wildman–Crippen MR) is 50.6 cm³/mol. The van der Waals surface area contributed by atoms with Gasteiger partial charge in [-0.15, -0.1) is 0 Å². The summed E-state index contributed by atoms with van der Waals surface area (Å²) in [6, 6.07) is 0. The summed E-state index contributed by atoms with van der Waals surface area (Å²) in [7, 11) is 0. The van der Waals surface area contributed by atoms with Gasteiger partial charge in [-0.2, -0.15) is 0 Å². The molecule has 1 heteroatoms. The third kappa shape index (κ3) is 2.55. The van der Waals surface area contributed by atoms with E-state index in [1.165, 1.54) is 12.8 Å². The summed E-state index contributed by atoms with van der Waals surface area (Å²) in [5.74, 6) is 0.670. The van der Waals surface area contributed by atoms with Gasteiger partial charge in [0.05, 0.1) is 0 Å². The SMILES string of the molecule is C=C(/C(Cl)=C\C=C/C)C1CC1. The summed E-state index contributed by atoms with van der Waals surface area (Å²) in [6.45, 7) is 5.91. The summed E-state index contributed by atoms with van der Waals surface area (Å²) in [5, 5.41) is 0.811. The Bertz CT molecular complexity index is 207. The molecular formula is C10H13Cl. The molecule has 1 saturated carbocycles. The lowest BCUT2D eigenvalue weighted by Gasteiger charge is -1.98. The molecular weight excluding hydrogens is 156 g/mol. The van der Waals surface area contributed by atoms with Gasteiger partial charge in [0.25, 0.3) is 0 Å². The molecule has 0 amide bonds. The monoisotopic (exact) mass is 168 g/mol. The molecule has 0 radical (unpaired) electrons. The molecule has 0 spiro atoms. The van der Waals surface area contributed by atoms with E-state index in [1.54, 1.807) is 0 Å². The largest absolute Gasteiger partial charge is 0.0941 e. The smallest absolute Gasteiger partial charge is 0.0434 e. The standard InChI is InChI=1S/C10H13Cl/c1-3-4-5-10(11)8(2)9-6-7-9/h3-5,9H,2,6-7H2,1H3/b4-3-,10-5+. The summed E-state index contributed by atoms with van der Waals surface area (Å²) < 4.78 is 0. The second-order valence-corrected chi connectivity index (χ2v) is 3.25. The molecule has 0 aromatic carbocycles. The summed E-state index contributed by atoms with van der Waals surface area (Å²) in [6.07, 6.45) is 8.33. The average Bonchev–Trinajstić information content (AvgIpc) is 2.81. The molecule has 60 valence electrons. The molecule has 1 aliphatic carbocycles. The van der Waals surface area contributed by atoms with Crippen molar-refractivity contribution in [3.63, 3.8) is 0 Å². The van der Waals surface area contributed by atoms with E-state index in [0.29, 0.717) is 5.92 Å². The van der Waals surface area contributed by atoms with Crippen molar-refractivity contribution >= 4 is 11.6 Å². The molecule has 0 heterocycles. The van der Waals surface area contributed by atoms with Crippen LogP contribution in [-0.2, 0) is 0 Å². The second-order valence-electron chi connectivity index (χ2n) is 2.84. The van der Waals surface area contributed by atoms with Crippen molar-refractivity contribution in [2.45, 2.75) is 19.8 Å². The minimum atomic E-state index is 0.670. The van der Waals surface area contributed by atoms with Gasteiger partial charge >= 0.3 is 0 Å². The molecule has 1 aliphatic rings. The van der Waals surface area contributed by atoms with Crippen molar-refractivity contribution in [1.82, 2.24) is 0 Å². The molecule has 0 bridgehead atoms. The van der Waals surface area contributed by atoms with Gasteiger partial charge in [-0.25, -0.2) is 0 Å². The molecule has 0 N–H and O–H groups in total. The predicted octanol–water partition coefficient (Wildman–Crippen LogP) is 3.65. The zero-order valence-corrected chi connectivity index (χ0v) is 7.56. The maximum Gasteiger partial charge on any atom is 0.0434 e. The third-order valence-electron chi connectivity index (χ3n) is 1.81. The lowest BCUT2D eigenvalue weighted by molar-refractivity contribution is 1.05. The molecule has 0 aromatic rings. The van der Waals surface area contributed by atoms with Crippen molar-refractivity contribution < 1.29 is 0 Å². The van der Waals surface area contributed by atoms with E-state index >= 15 is 0 Å². The van der Waals surface area contributed by atoms with Crippen LogP contribution in [0.4, 0.5) is 0 Å². The van der Waals surface area contributed by atoms with Crippen LogP contribution < -0.4 is 0 Å². The van der Waals surface area contributed by atoms with Gasteiger partial charge in [-0.1, -0.05) is 30.3 Å². The van der Waals surface area contributed by atoms with E-state index in [1.807, 2.05) is 25.2 Å². The van der Waals surface area contributed by atoms with Crippen molar-refractivity contribution in [2.75, 3.05) is 0 Å². The van der Waals surface area contributed by atoms with Gasteiger partial charge in [0.1, 0.15) is 0 Å². The van der Waals surface area contributed by atoms with Gasteiger partial charge < -0.3 is 0 Å². The molecule has 0 aromatic heterocycles. The first-order valence-electron chi connectivity index (χ1n) is 3.93. The van der Waals surface area contributed by atoms with E-state index in [4.69, 9.17) is 11.6 Å². The quantitative estimate of drug-likeness (QED) is 0.565. The Morgan fingerprint density at radius 2 is 2.18 bits per heavy atom. The van der Waals surface area contributed by atoms with Crippen LogP contribution in [0.2, 0.25) is 0 Å². The number of hydrogen-bond donors (Lipinski definition) is 0. The molecule has 0 saturated heterocycles. The van der Waals surface area contributed by atoms with Crippen LogP contribution in [0.15, 0.2) is 35.4 Å². The van der Waals surface area contributed by atoms with Gasteiger partial charge in [0, 0.05) is 5.03 Å². The number of hydrogen-bond acceptors (Lipinski definition) is 0. The Morgan fingerprint density at radius 1 is 1.55 bits per heavy atom.